The van der Waals surface area contributed by atoms with Crippen LogP contribution < -0.4 is 5.32 Å². The highest BCUT2D eigenvalue weighted by atomic mass is 32.2. The number of hydrogen-bond donors (Lipinski definition) is 1. The lowest BCUT2D eigenvalue weighted by Gasteiger charge is -2.35. The molecule has 0 aliphatic heterocycles. The minimum absolute atomic E-state index is 0.149. The molecular weight excluding hydrogens is 498 g/mol. The van der Waals surface area contributed by atoms with Gasteiger partial charge in [-0.15, -0.1) is 0 Å². The Morgan fingerprint density at radius 1 is 0.711 bits per heavy atom. The summed E-state index contributed by atoms with van der Waals surface area (Å²) in [6.07, 6.45) is -0.149. The lowest BCUT2D eigenvalue weighted by atomic mass is 9.68. The molecule has 0 aliphatic rings. The lowest BCUT2D eigenvalue weighted by Crippen LogP contribution is -2.52. The van der Waals surface area contributed by atoms with E-state index in [0.717, 1.165) is 0 Å². The number of sulfone groups is 1. The highest BCUT2D eigenvalue weighted by molar-refractivity contribution is 7.91. The average molecular weight is 528 g/mol. The number of methoxy groups -OCH3 is 1. The summed E-state index contributed by atoms with van der Waals surface area (Å²) in [4.78, 5) is 27.4. The summed E-state index contributed by atoms with van der Waals surface area (Å²) in [5.74, 6) is -1.52. The molecule has 0 aromatic heterocycles. The van der Waals surface area contributed by atoms with E-state index in [1.165, 1.54) is 19.2 Å². The van der Waals surface area contributed by atoms with Crippen LogP contribution in [0.5, 0.6) is 0 Å². The summed E-state index contributed by atoms with van der Waals surface area (Å²) in [5, 5.41) is 2.85. The number of rotatable bonds is 10. The van der Waals surface area contributed by atoms with E-state index in [1.807, 2.05) is 91.0 Å². The van der Waals surface area contributed by atoms with Gasteiger partial charge in [-0.2, -0.15) is 0 Å². The molecule has 38 heavy (non-hydrogen) atoms. The Morgan fingerprint density at radius 2 is 1.11 bits per heavy atom. The van der Waals surface area contributed by atoms with Crippen molar-refractivity contribution in [2.45, 2.75) is 22.8 Å². The average Bonchev–Trinajstić information content (AvgIpc) is 2.97. The highest BCUT2D eigenvalue weighted by Gasteiger charge is 2.45. The lowest BCUT2D eigenvalue weighted by molar-refractivity contribution is -0.145. The van der Waals surface area contributed by atoms with Crippen molar-refractivity contribution in [1.29, 1.82) is 0 Å². The van der Waals surface area contributed by atoms with Gasteiger partial charge in [0.2, 0.25) is 5.91 Å². The van der Waals surface area contributed by atoms with Crippen LogP contribution in [-0.2, 0) is 29.6 Å². The first kappa shape index (κ1) is 26.8. The van der Waals surface area contributed by atoms with Crippen LogP contribution >= 0.6 is 0 Å². The third-order valence-corrected chi connectivity index (χ3v) is 8.29. The largest absolute Gasteiger partial charge is 0.467 e. The molecule has 0 saturated carbocycles. The van der Waals surface area contributed by atoms with Gasteiger partial charge in [0.15, 0.2) is 9.84 Å². The van der Waals surface area contributed by atoms with Crippen molar-refractivity contribution in [3.8, 4) is 0 Å². The number of nitrogens with one attached hydrogen (secondary N) is 1. The van der Waals surface area contributed by atoms with Gasteiger partial charge in [-0.25, -0.2) is 13.2 Å². The normalized spacial score (nSPS) is 12.3. The topological polar surface area (TPSA) is 89.5 Å². The van der Waals surface area contributed by atoms with Gasteiger partial charge in [-0.3, -0.25) is 4.79 Å². The molecule has 4 rings (SSSR count). The summed E-state index contributed by atoms with van der Waals surface area (Å²) >= 11 is 0. The zero-order valence-electron chi connectivity index (χ0n) is 21.0. The van der Waals surface area contributed by atoms with Gasteiger partial charge in [-0.05, 0) is 35.2 Å². The van der Waals surface area contributed by atoms with Gasteiger partial charge in [0.25, 0.3) is 0 Å². The number of carbonyl (C=O) groups excluding carboxylic acids is 2. The quantitative estimate of drug-likeness (QED) is 0.242. The maximum Gasteiger partial charge on any atom is 0.328 e. The Labute approximate surface area is 223 Å². The molecule has 7 heteroatoms. The summed E-state index contributed by atoms with van der Waals surface area (Å²) in [5.41, 5.74) is 0.801. The minimum Gasteiger partial charge on any atom is -0.467 e. The van der Waals surface area contributed by atoms with E-state index in [4.69, 9.17) is 4.74 Å². The molecule has 1 atom stereocenters. The molecule has 0 unspecified atom stereocenters. The van der Waals surface area contributed by atoms with Gasteiger partial charge in [0.1, 0.15) is 11.5 Å². The number of hydrogen-bond acceptors (Lipinski definition) is 5. The second-order valence-electron chi connectivity index (χ2n) is 8.82. The van der Waals surface area contributed by atoms with Crippen molar-refractivity contribution < 1.29 is 22.7 Å². The van der Waals surface area contributed by atoms with Gasteiger partial charge < -0.3 is 10.1 Å². The van der Waals surface area contributed by atoms with Crippen molar-refractivity contribution in [2.24, 2.45) is 0 Å². The molecule has 0 fully saturated rings. The third kappa shape index (κ3) is 5.53. The van der Waals surface area contributed by atoms with Crippen LogP contribution in [0.15, 0.2) is 126 Å². The van der Waals surface area contributed by atoms with Crippen molar-refractivity contribution in [3.05, 3.63) is 138 Å². The van der Waals surface area contributed by atoms with Crippen LogP contribution in [-0.4, -0.2) is 39.2 Å². The van der Waals surface area contributed by atoms with E-state index in [1.54, 1.807) is 18.2 Å². The SMILES string of the molecule is COC(=O)[C@H](CCS(=O)(=O)c1ccccc1)NC(=O)C(c1ccccc1)(c1ccccc1)c1ccccc1. The van der Waals surface area contributed by atoms with Crippen LogP contribution in [0.2, 0.25) is 0 Å². The van der Waals surface area contributed by atoms with Gasteiger partial charge in [0.05, 0.1) is 17.8 Å². The zero-order valence-corrected chi connectivity index (χ0v) is 21.8. The second kappa shape index (κ2) is 11.9. The molecule has 4 aromatic rings. The fourth-order valence-electron chi connectivity index (χ4n) is 4.63. The first-order chi connectivity index (χ1) is 18.4. The summed E-state index contributed by atoms with van der Waals surface area (Å²) in [7, 11) is -2.47. The van der Waals surface area contributed by atoms with E-state index in [0.29, 0.717) is 16.7 Å². The van der Waals surface area contributed by atoms with E-state index in [2.05, 4.69) is 5.32 Å². The van der Waals surface area contributed by atoms with Gasteiger partial charge >= 0.3 is 5.97 Å². The third-order valence-electron chi connectivity index (χ3n) is 6.53. The molecule has 0 spiro atoms. The predicted octanol–water partition coefficient (Wildman–Crippen LogP) is 4.54. The van der Waals surface area contributed by atoms with Crippen LogP contribution in [0, 0.1) is 0 Å². The molecule has 0 radical (unpaired) electrons. The van der Waals surface area contributed by atoms with Gasteiger partial charge in [0, 0.05) is 0 Å². The van der Waals surface area contributed by atoms with Crippen LogP contribution in [0.1, 0.15) is 23.1 Å². The Balaban J connectivity index is 1.77. The smallest absolute Gasteiger partial charge is 0.328 e. The first-order valence-electron chi connectivity index (χ1n) is 12.2. The van der Waals surface area contributed by atoms with Crippen molar-refractivity contribution in [1.82, 2.24) is 5.32 Å². The molecule has 0 aliphatic carbocycles. The summed E-state index contributed by atoms with van der Waals surface area (Å²) in [6.45, 7) is 0. The maximum absolute atomic E-state index is 14.4. The molecule has 6 nitrogen and oxygen atoms in total. The van der Waals surface area contributed by atoms with E-state index in [9.17, 15) is 18.0 Å². The Morgan fingerprint density at radius 3 is 1.50 bits per heavy atom. The fraction of sp³-hybridized carbons (Fsp3) is 0.161. The van der Waals surface area contributed by atoms with E-state index < -0.39 is 33.2 Å². The molecule has 194 valence electrons. The summed E-state index contributed by atoms with van der Waals surface area (Å²) in [6, 6.07) is 34.8. The standard InChI is InChI=1S/C31H29NO5S/c1-37-29(33)28(22-23-38(35,36)27-20-12-5-13-21-27)32-30(34)31(24-14-6-2-7-15-24,25-16-8-3-9-17-25)26-18-10-4-11-19-26/h2-21,28H,22-23H2,1H3,(H,32,34)/t28-/m0/s1. The summed E-state index contributed by atoms with van der Waals surface area (Å²) < 4.78 is 30.8. The second-order valence-corrected chi connectivity index (χ2v) is 10.9. The van der Waals surface area contributed by atoms with Crippen LogP contribution in [0.4, 0.5) is 0 Å². The van der Waals surface area contributed by atoms with Crippen LogP contribution in [0.25, 0.3) is 0 Å². The highest BCUT2D eigenvalue weighted by Crippen LogP contribution is 2.39. The maximum atomic E-state index is 14.4. The van der Waals surface area contributed by atoms with Crippen molar-refractivity contribution >= 4 is 21.7 Å². The fourth-order valence-corrected chi connectivity index (χ4v) is 5.99. The molecule has 0 bridgehead atoms. The molecule has 1 N–H and O–H groups in total. The number of ether oxygens (including phenoxy) is 1. The Kier molecular flexibility index (Phi) is 8.38. The first-order valence-corrected chi connectivity index (χ1v) is 13.9. The molecule has 0 heterocycles. The molecule has 1 amide bonds. The van der Waals surface area contributed by atoms with Crippen molar-refractivity contribution in [2.75, 3.05) is 12.9 Å². The van der Waals surface area contributed by atoms with E-state index >= 15 is 0 Å². The molecule has 4 aromatic carbocycles. The number of carbonyl (C=O) groups is 2. The molecular formula is C31H29NO5S. The van der Waals surface area contributed by atoms with Gasteiger partial charge in [-0.1, -0.05) is 109 Å². The Bertz CT molecular complexity index is 1360. The monoisotopic (exact) mass is 527 g/mol. The van der Waals surface area contributed by atoms with Crippen molar-refractivity contribution in [3.63, 3.8) is 0 Å². The van der Waals surface area contributed by atoms with Crippen LogP contribution in [0.3, 0.4) is 0 Å². The number of amides is 1. The predicted molar refractivity (Wildman–Crippen MR) is 146 cm³/mol. The Hall–Kier alpha value is -4.23. The zero-order chi connectivity index (χ0) is 27.0. The number of esters is 1. The number of benzene rings is 4. The minimum atomic E-state index is -3.68. The molecule has 0 saturated heterocycles. The van der Waals surface area contributed by atoms with E-state index in [-0.39, 0.29) is 17.1 Å².